The molecule has 1 aromatic heterocycles. The van der Waals surface area contributed by atoms with E-state index in [4.69, 9.17) is 0 Å². The number of benzene rings is 1. The molecule has 3 fully saturated rings. The Morgan fingerprint density at radius 2 is 1.95 bits per heavy atom. The number of hydrogen-bond donors (Lipinski definition) is 2. The molecule has 5 rings (SSSR count). The molecule has 0 spiro atoms. The summed E-state index contributed by atoms with van der Waals surface area (Å²) in [6.45, 7) is 5.67. The van der Waals surface area contributed by atoms with Crippen molar-refractivity contribution in [2.24, 2.45) is 5.92 Å². The molecule has 2 N–H and O–H groups in total. The molecule has 0 unspecified atom stereocenters. The lowest BCUT2D eigenvalue weighted by Gasteiger charge is -2.45. The van der Waals surface area contributed by atoms with E-state index in [-0.39, 0.29) is 0 Å². The van der Waals surface area contributed by atoms with Crippen LogP contribution in [0.4, 0.5) is 5.69 Å². The molecule has 3 aliphatic heterocycles. The van der Waals surface area contributed by atoms with Gasteiger partial charge in [0.15, 0.2) is 5.82 Å². The van der Waals surface area contributed by atoms with Crippen LogP contribution in [0.2, 0.25) is 0 Å². The van der Waals surface area contributed by atoms with Crippen molar-refractivity contribution in [2.45, 2.75) is 25.8 Å². The van der Waals surface area contributed by atoms with Gasteiger partial charge in [-0.05, 0) is 63.0 Å². The second-order valence-corrected chi connectivity index (χ2v) is 6.21. The largest absolute Gasteiger partial charge is 0.381 e. The molecule has 0 saturated carbocycles. The summed E-state index contributed by atoms with van der Waals surface area (Å²) in [5.74, 6) is 2.45. The van der Waals surface area contributed by atoms with Gasteiger partial charge in [0.25, 0.3) is 0 Å². The first kappa shape index (κ1) is 12.8. The number of fused-ring (bicyclic) bond motifs is 3. The molecule has 110 valence electrons. The molecular weight excluding hydrogens is 262 g/mol. The highest BCUT2D eigenvalue weighted by atomic mass is 15.2. The van der Waals surface area contributed by atoms with Gasteiger partial charge in [0.2, 0.25) is 0 Å². The van der Waals surface area contributed by atoms with E-state index in [1.165, 1.54) is 38.2 Å². The Hall–Kier alpha value is -1.88. The van der Waals surface area contributed by atoms with Gasteiger partial charge in [0.05, 0.1) is 0 Å². The number of anilines is 1. The van der Waals surface area contributed by atoms with Crippen LogP contribution in [0, 0.1) is 12.8 Å². The van der Waals surface area contributed by atoms with Gasteiger partial charge in [-0.1, -0.05) is 0 Å². The number of hydrogen-bond acceptors (Lipinski definition) is 4. The van der Waals surface area contributed by atoms with Gasteiger partial charge in [0.1, 0.15) is 5.82 Å². The molecule has 0 amide bonds. The summed E-state index contributed by atoms with van der Waals surface area (Å²) in [6, 6.07) is 9.06. The van der Waals surface area contributed by atoms with E-state index in [9.17, 15) is 0 Å². The van der Waals surface area contributed by atoms with E-state index in [1.807, 2.05) is 6.92 Å². The van der Waals surface area contributed by atoms with Crippen LogP contribution in [0.25, 0.3) is 11.4 Å². The Bertz CT molecular complexity index is 610. The summed E-state index contributed by atoms with van der Waals surface area (Å²) in [5.41, 5.74) is 2.25. The molecule has 5 heteroatoms. The van der Waals surface area contributed by atoms with Crippen molar-refractivity contribution < 1.29 is 0 Å². The third-order valence-corrected chi connectivity index (χ3v) is 4.75. The monoisotopic (exact) mass is 283 g/mol. The first-order valence-corrected chi connectivity index (χ1v) is 7.76. The highest BCUT2D eigenvalue weighted by Crippen LogP contribution is 2.30. The molecule has 1 aromatic carbocycles. The molecule has 3 saturated heterocycles. The maximum Gasteiger partial charge on any atom is 0.181 e. The quantitative estimate of drug-likeness (QED) is 0.907. The summed E-state index contributed by atoms with van der Waals surface area (Å²) in [5, 5.41) is 10.8. The van der Waals surface area contributed by atoms with Crippen LogP contribution in [0.15, 0.2) is 24.3 Å². The van der Waals surface area contributed by atoms with E-state index in [2.05, 4.69) is 49.7 Å². The van der Waals surface area contributed by atoms with E-state index >= 15 is 0 Å². The summed E-state index contributed by atoms with van der Waals surface area (Å²) in [6.07, 6.45) is 2.68. The fourth-order valence-corrected chi connectivity index (χ4v) is 3.53. The van der Waals surface area contributed by atoms with E-state index in [0.29, 0.717) is 6.04 Å². The zero-order valence-electron chi connectivity index (χ0n) is 12.3. The predicted molar refractivity (Wildman–Crippen MR) is 83.1 cm³/mol. The highest BCUT2D eigenvalue weighted by Gasteiger charge is 2.33. The van der Waals surface area contributed by atoms with Gasteiger partial charge in [-0.2, -0.15) is 5.10 Å². The Morgan fingerprint density at radius 3 is 2.52 bits per heavy atom. The Balaban J connectivity index is 1.47. The van der Waals surface area contributed by atoms with Crippen LogP contribution in [0.5, 0.6) is 0 Å². The third kappa shape index (κ3) is 2.53. The van der Waals surface area contributed by atoms with Crippen molar-refractivity contribution >= 4 is 5.69 Å². The Morgan fingerprint density at radius 1 is 1.19 bits per heavy atom. The molecule has 5 nitrogen and oxygen atoms in total. The van der Waals surface area contributed by atoms with E-state index < -0.39 is 0 Å². The number of nitrogens with one attached hydrogen (secondary N) is 2. The first-order chi connectivity index (χ1) is 10.3. The van der Waals surface area contributed by atoms with Crippen LogP contribution in [-0.4, -0.2) is 45.8 Å². The standard InChI is InChI=1S/C16H21N5/c1-11-17-16(20-19-11)13-2-4-14(5-3-13)18-15-10-21-8-6-12(15)7-9-21/h2-5,12,15,18H,6-10H2,1H3,(H,17,19,20)/t15-/m1/s1. The van der Waals surface area contributed by atoms with Gasteiger partial charge < -0.3 is 10.2 Å². The van der Waals surface area contributed by atoms with Gasteiger partial charge >= 0.3 is 0 Å². The third-order valence-electron chi connectivity index (χ3n) is 4.75. The molecular formula is C16H21N5. The van der Waals surface area contributed by atoms with Crippen molar-refractivity contribution in [3.8, 4) is 11.4 Å². The zero-order chi connectivity index (χ0) is 14.2. The smallest absolute Gasteiger partial charge is 0.181 e. The topological polar surface area (TPSA) is 56.8 Å². The molecule has 21 heavy (non-hydrogen) atoms. The van der Waals surface area contributed by atoms with Crippen molar-refractivity contribution in [1.29, 1.82) is 0 Å². The van der Waals surface area contributed by atoms with Gasteiger partial charge in [-0.25, -0.2) is 4.98 Å². The minimum absolute atomic E-state index is 0.601. The highest BCUT2D eigenvalue weighted by molar-refractivity contribution is 5.59. The summed E-state index contributed by atoms with van der Waals surface area (Å²) >= 11 is 0. The molecule has 4 heterocycles. The summed E-state index contributed by atoms with van der Waals surface area (Å²) < 4.78 is 0. The normalized spacial score (nSPS) is 27.8. The van der Waals surface area contributed by atoms with Crippen molar-refractivity contribution in [2.75, 3.05) is 25.0 Å². The summed E-state index contributed by atoms with van der Waals surface area (Å²) in [7, 11) is 0. The van der Waals surface area contributed by atoms with E-state index in [0.717, 1.165) is 23.1 Å². The lowest BCUT2D eigenvalue weighted by atomic mass is 9.84. The van der Waals surface area contributed by atoms with E-state index in [1.54, 1.807) is 0 Å². The molecule has 2 bridgehead atoms. The minimum Gasteiger partial charge on any atom is -0.381 e. The minimum atomic E-state index is 0.601. The second-order valence-electron chi connectivity index (χ2n) is 6.21. The SMILES string of the molecule is Cc1nc(-c2ccc(N[C@@H]3CN4CCC3CC4)cc2)n[nH]1. The second kappa shape index (κ2) is 5.15. The van der Waals surface area contributed by atoms with Crippen LogP contribution in [0.1, 0.15) is 18.7 Å². The fourth-order valence-electron chi connectivity index (χ4n) is 3.53. The van der Waals surface area contributed by atoms with Crippen LogP contribution in [-0.2, 0) is 0 Å². The lowest BCUT2D eigenvalue weighted by Crippen LogP contribution is -2.53. The van der Waals surface area contributed by atoms with Gasteiger partial charge in [0, 0.05) is 23.8 Å². The number of H-pyrrole nitrogens is 1. The lowest BCUT2D eigenvalue weighted by molar-refractivity contribution is 0.0975. The fraction of sp³-hybridized carbons (Fsp3) is 0.500. The van der Waals surface area contributed by atoms with Crippen molar-refractivity contribution in [1.82, 2.24) is 20.1 Å². The Kier molecular flexibility index (Phi) is 3.15. The average molecular weight is 283 g/mol. The van der Waals surface area contributed by atoms with Crippen LogP contribution < -0.4 is 5.32 Å². The van der Waals surface area contributed by atoms with Crippen molar-refractivity contribution in [3.63, 3.8) is 0 Å². The summed E-state index contributed by atoms with van der Waals surface area (Å²) in [4.78, 5) is 6.94. The molecule has 0 radical (unpaired) electrons. The predicted octanol–water partition coefficient (Wildman–Crippen LogP) is 2.29. The maximum absolute atomic E-state index is 4.36. The molecule has 3 aliphatic rings. The number of aryl methyl sites for hydroxylation is 1. The number of piperidine rings is 3. The average Bonchev–Trinajstić information content (AvgIpc) is 2.96. The first-order valence-electron chi connectivity index (χ1n) is 7.76. The zero-order valence-corrected chi connectivity index (χ0v) is 12.3. The van der Waals surface area contributed by atoms with Crippen LogP contribution >= 0.6 is 0 Å². The maximum atomic E-state index is 4.36. The van der Waals surface area contributed by atoms with Gasteiger partial charge in [-0.15, -0.1) is 0 Å². The van der Waals surface area contributed by atoms with Gasteiger partial charge in [-0.3, -0.25) is 5.10 Å². The molecule has 2 aromatic rings. The van der Waals surface area contributed by atoms with Crippen molar-refractivity contribution in [3.05, 3.63) is 30.1 Å². The number of aromatic nitrogens is 3. The number of nitrogens with zero attached hydrogens (tertiary/aromatic N) is 3. The molecule has 1 atom stereocenters. The number of rotatable bonds is 3. The van der Waals surface area contributed by atoms with Crippen LogP contribution in [0.3, 0.4) is 0 Å². The molecule has 0 aliphatic carbocycles. The Labute approximate surface area is 124 Å². The number of aromatic amines is 1.